The molecule has 2 rings (SSSR count). The summed E-state index contributed by atoms with van der Waals surface area (Å²) in [6.07, 6.45) is 5.10. The quantitative estimate of drug-likeness (QED) is 0.650. The van der Waals surface area contributed by atoms with Crippen molar-refractivity contribution < 1.29 is 0 Å². The van der Waals surface area contributed by atoms with E-state index < -0.39 is 0 Å². The molecule has 0 bridgehead atoms. The first-order valence-electron chi connectivity index (χ1n) is 5.33. The Morgan fingerprint density at radius 3 is 2.92 bits per heavy atom. The van der Waals surface area contributed by atoms with Gasteiger partial charge in [0.2, 0.25) is 0 Å². The van der Waals surface area contributed by atoms with Crippen LogP contribution in [0.25, 0.3) is 0 Å². The van der Waals surface area contributed by atoms with Gasteiger partial charge in [-0.2, -0.15) is 0 Å². The zero-order valence-corrected chi connectivity index (χ0v) is 8.42. The zero-order valence-electron chi connectivity index (χ0n) is 8.42. The van der Waals surface area contributed by atoms with Gasteiger partial charge in [-0.15, -0.1) is 0 Å². The zero-order chi connectivity index (χ0) is 9.10. The van der Waals surface area contributed by atoms with Gasteiger partial charge in [-0.05, 0) is 19.9 Å². The summed E-state index contributed by atoms with van der Waals surface area (Å²) in [7, 11) is 2.16. The van der Waals surface area contributed by atoms with Crippen LogP contribution in [0.2, 0.25) is 0 Å². The van der Waals surface area contributed by atoms with Crippen molar-refractivity contribution in [3.63, 3.8) is 0 Å². The first-order valence-corrected chi connectivity index (χ1v) is 5.33. The molecule has 1 N–H and O–H groups in total. The SMILES string of the molecule is CN1CC(NC2=NCCCCC2)C1. The van der Waals surface area contributed by atoms with Crippen LogP contribution in [0, 0.1) is 0 Å². The number of likely N-dealkylation sites (N-methyl/N-ethyl adjacent to an activating group) is 1. The lowest BCUT2D eigenvalue weighted by Gasteiger charge is -2.37. The first kappa shape index (κ1) is 9.00. The maximum Gasteiger partial charge on any atom is 0.0966 e. The Hall–Kier alpha value is -0.570. The van der Waals surface area contributed by atoms with Crippen LogP contribution in [0.4, 0.5) is 0 Å². The molecule has 2 heterocycles. The van der Waals surface area contributed by atoms with Gasteiger partial charge in [-0.25, -0.2) is 0 Å². The molecule has 13 heavy (non-hydrogen) atoms. The minimum absolute atomic E-state index is 0.668. The predicted molar refractivity (Wildman–Crippen MR) is 55.2 cm³/mol. The monoisotopic (exact) mass is 181 g/mol. The molecule has 0 aliphatic carbocycles. The topological polar surface area (TPSA) is 27.6 Å². The molecule has 0 spiro atoms. The number of aliphatic imine (C=N–C) groups is 1. The number of nitrogens with one attached hydrogen (secondary N) is 1. The van der Waals surface area contributed by atoms with Crippen LogP contribution in [-0.2, 0) is 0 Å². The van der Waals surface area contributed by atoms with Crippen LogP contribution in [0.5, 0.6) is 0 Å². The lowest BCUT2D eigenvalue weighted by molar-refractivity contribution is 0.177. The van der Waals surface area contributed by atoms with E-state index in [1.807, 2.05) is 0 Å². The van der Waals surface area contributed by atoms with Crippen molar-refractivity contribution in [2.45, 2.75) is 31.7 Å². The Labute approximate surface area is 80.2 Å². The minimum Gasteiger partial charge on any atom is -0.369 e. The van der Waals surface area contributed by atoms with Crippen LogP contribution in [0.15, 0.2) is 4.99 Å². The van der Waals surface area contributed by atoms with Gasteiger partial charge in [-0.1, -0.05) is 6.42 Å². The third kappa shape index (κ3) is 2.44. The summed E-state index contributed by atoms with van der Waals surface area (Å²) in [5, 5.41) is 3.53. The number of likely N-dealkylation sites (tertiary alicyclic amines) is 1. The van der Waals surface area contributed by atoms with Gasteiger partial charge in [0.1, 0.15) is 0 Å². The van der Waals surface area contributed by atoms with Gasteiger partial charge >= 0.3 is 0 Å². The fourth-order valence-corrected chi connectivity index (χ4v) is 2.02. The Balaban J connectivity index is 1.76. The third-order valence-electron chi connectivity index (χ3n) is 2.81. The summed E-state index contributed by atoms with van der Waals surface area (Å²) in [6, 6.07) is 0.668. The highest BCUT2D eigenvalue weighted by atomic mass is 15.2. The molecule has 2 aliphatic rings. The van der Waals surface area contributed by atoms with Crippen molar-refractivity contribution in [3.8, 4) is 0 Å². The normalized spacial score (nSPS) is 26.1. The first-order chi connectivity index (χ1) is 6.34. The van der Waals surface area contributed by atoms with E-state index in [0.29, 0.717) is 6.04 Å². The van der Waals surface area contributed by atoms with Gasteiger partial charge in [0, 0.05) is 26.1 Å². The Bertz CT molecular complexity index is 194. The predicted octanol–water partition coefficient (Wildman–Crippen LogP) is 0.862. The number of amidine groups is 1. The number of hydrogen-bond acceptors (Lipinski definition) is 3. The van der Waals surface area contributed by atoms with Crippen LogP contribution in [0.3, 0.4) is 0 Å². The maximum atomic E-state index is 4.56. The highest BCUT2D eigenvalue weighted by Gasteiger charge is 2.23. The highest BCUT2D eigenvalue weighted by molar-refractivity contribution is 5.82. The number of hydrogen-bond donors (Lipinski definition) is 1. The molecule has 0 radical (unpaired) electrons. The second kappa shape index (κ2) is 4.09. The van der Waals surface area contributed by atoms with Gasteiger partial charge < -0.3 is 10.2 Å². The summed E-state index contributed by atoms with van der Waals surface area (Å²) in [5.74, 6) is 1.26. The van der Waals surface area contributed by atoms with Gasteiger partial charge in [0.05, 0.1) is 11.9 Å². The van der Waals surface area contributed by atoms with Crippen molar-refractivity contribution in [2.24, 2.45) is 4.99 Å². The van der Waals surface area contributed by atoms with E-state index in [1.54, 1.807) is 0 Å². The summed E-state index contributed by atoms with van der Waals surface area (Å²) in [4.78, 5) is 6.89. The molecule has 0 saturated carbocycles. The second-order valence-electron chi connectivity index (χ2n) is 4.20. The molecule has 3 heteroatoms. The summed E-state index contributed by atoms with van der Waals surface area (Å²) >= 11 is 0. The lowest BCUT2D eigenvalue weighted by atomic mass is 10.1. The molecule has 74 valence electrons. The van der Waals surface area contributed by atoms with Crippen molar-refractivity contribution in [1.82, 2.24) is 10.2 Å². The average Bonchev–Trinajstić information content (AvgIpc) is 2.30. The van der Waals surface area contributed by atoms with Crippen molar-refractivity contribution in [2.75, 3.05) is 26.7 Å². The van der Waals surface area contributed by atoms with E-state index in [1.165, 1.54) is 44.6 Å². The van der Waals surface area contributed by atoms with Gasteiger partial charge in [0.15, 0.2) is 0 Å². The molecule has 0 atom stereocenters. The second-order valence-corrected chi connectivity index (χ2v) is 4.20. The van der Waals surface area contributed by atoms with E-state index in [2.05, 4.69) is 22.3 Å². The Kier molecular flexibility index (Phi) is 2.83. The van der Waals surface area contributed by atoms with Crippen LogP contribution >= 0.6 is 0 Å². The molecule has 0 aromatic rings. The summed E-state index contributed by atoms with van der Waals surface area (Å²) < 4.78 is 0. The van der Waals surface area contributed by atoms with Gasteiger partial charge in [-0.3, -0.25) is 4.99 Å². The molecule has 2 aliphatic heterocycles. The van der Waals surface area contributed by atoms with E-state index in [4.69, 9.17) is 0 Å². The van der Waals surface area contributed by atoms with E-state index >= 15 is 0 Å². The van der Waals surface area contributed by atoms with E-state index in [-0.39, 0.29) is 0 Å². The van der Waals surface area contributed by atoms with Crippen molar-refractivity contribution in [1.29, 1.82) is 0 Å². The van der Waals surface area contributed by atoms with Crippen molar-refractivity contribution in [3.05, 3.63) is 0 Å². The van der Waals surface area contributed by atoms with Crippen LogP contribution in [-0.4, -0.2) is 43.5 Å². The fourth-order valence-electron chi connectivity index (χ4n) is 2.02. The Morgan fingerprint density at radius 2 is 2.15 bits per heavy atom. The van der Waals surface area contributed by atoms with E-state index in [0.717, 1.165) is 6.54 Å². The lowest BCUT2D eigenvalue weighted by Crippen LogP contribution is -2.57. The summed E-state index contributed by atoms with van der Waals surface area (Å²) in [6.45, 7) is 3.39. The highest BCUT2D eigenvalue weighted by Crippen LogP contribution is 2.09. The third-order valence-corrected chi connectivity index (χ3v) is 2.81. The average molecular weight is 181 g/mol. The van der Waals surface area contributed by atoms with Crippen molar-refractivity contribution >= 4 is 5.84 Å². The standard InChI is InChI=1S/C10H19N3/c1-13-7-9(8-13)12-10-5-3-2-4-6-11-10/h9H,2-8H2,1H3,(H,11,12). The largest absolute Gasteiger partial charge is 0.369 e. The number of nitrogens with zero attached hydrogens (tertiary/aromatic N) is 2. The molecule has 0 aromatic heterocycles. The van der Waals surface area contributed by atoms with E-state index in [9.17, 15) is 0 Å². The molecule has 3 nitrogen and oxygen atoms in total. The smallest absolute Gasteiger partial charge is 0.0966 e. The molecule has 1 saturated heterocycles. The minimum atomic E-state index is 0.668. The number of rotatable bonds is 1. The molecule has 0 aromatic carbocycles. The summed E-state index contributed by atoms with van der Waals surface area (Å²) in [5.41, 5.74) is 0. The van der Waals surface area contributed by atoms with Gasteiger partial charge in [0.25, 0.3) is 0 Å². The molecular weight excluding hydrogens is 162 g/mol. The molecule has 1 fully saturated rings. The molecule has 0 amide bonds. The molecular formula is C10H19N3. The fraction of sp³-hybridized carbons (Fsp3) is 0.900. The van der Waals surface area contributed by atoms with Crippen LogP contribution in [0.1, 0.15) is 25.7 Å². The Morgan fingerprint density at radius 1 is 1.31 bits per heavy atom. The molecule has 0 unspecified atom stereocenters. The maximum absolute atomic E-state index is 4.56. The van der Waals surface area contributed by atoms with Crippen LogP contribution < -0.4 is 5.32 Å².